The zero-order chi connectivity index (χ0) is 13.5. The second-order valence-corrected chi connectivity index (χ2v) is 4.42. The van der Waals surface area contributed by atoms with Crippen molar-refractivity contribution in [2.45, 2.75) is 12.3 Å². The summed E-state index contributed by atoms with van der Waals surface area (Å²) in [6, 6.07) is 6.99. The molecule has 98 valence electrons. The lowest BCUT2D eigenvalue weighted by atomic mass is 10.2. The molecular formula is C13H15ClO4. The highest BCUT2D eigenvalue weighted by Gasteiger charge is 2.06. The van der Waals surface area contributed by atoms with Crippen molar-refractivity contribution in [2.24, 2.45) is 0 Å². The SMILES string of the molecule is COC(=Cc1ccc(OCC(C)Cl)cc1)C(=O)O. The Morgan fingerprint density at radius 1 is 1.44 bits per heavy atom. The van der Waals surface area contributed by atoms with Gasteiger partial charge in [0.15, 0.2) is 0 Å². The van der Waals surface area contributed by atoms with E-state index in [1.54, 1.807) is 24.3 Å². The number of benzene rings is 1. The molecule has 18 heavy (non-hydrogen) atoms. The molecule has 1 atom stereocenters. The zero-order valence-electron chi connectivity index (χ0n) is 10.2. The summed E-state index contributed by atoms with van der Waals surface area (Å²) in [5, 5.41) is 8.74. The monoisotopic (exact) mass is 270 g/mol. The molecule has 0 spiro atoms. The molecule has 5 heteroatoms. The smallest absolute Gasteiger partial charge is 0.371 e. The summed E-state index contributed by atoms with van der Waals surface area (Å²) in [5.74, 6) is -0.527. The van der Waals surface area contributed by atoms with Crippen molar-refractivity contribution >= 4 is 23.6 Å². The van der Waals surface area contributed by atoms with Crippen LogP contribution in [-0.2, 0) is 9.53 Å². The van der Waals surface area contributed by atoms with Crippen LogP contribution in [0.3, 0.4) is 0 Å². The summed E-state index contributed by atoms with van der Waals surface area (Å²) in [4.78, 5) is 10.7. The van der Waals surface area contributed by atoms with Gasteiger partial charge in [0.1, 0.15) is 12.4 Å². The minimum absolute atomic E-state index is 0.0586. The van der Waals surface area contributed by atoms with Crippen molar-refractivity contribution in [3.8, 4) is 5.75 Å². The number of methoxy groups -OCH3 is 1. The van der Waals surface area contributed by atoms with E-state index in [-0.39, 0.29) is 11.1 Å². The molecule has 0 heterocycles. The Bertz CT molecular complexity index is 423. The van der Waals surface area contributed by atoms with E-state index in [0.717, 1.165) is 5.56 Å². The second kappa shape index (κ2) is 6.91. The van der Waals surface area contributed by atoms with E-state index in [0.29, 0.717) is 12.4 Å². The normalized spacial score (nSPS) is 12.9. The molecule has 4 nitrogen and oxygen atoms in total. The van der Waals surface area contributed by atoms with Gasteiger partial charge in [-0.3, -0.25) is 0 Å². The Kier molecular flexibility index (Phi) is 5.52. The van der Waals surface area contributed by atoms with Crippen LogP contribution in [0, 0.1) is 0 Å². The van der Waals surface area contributed by atoms with E-state index in [4.69, 9.17) is 26.2 Å². The fourth-order valence-corrected chi connectivity index (χ4v) is 1.29. The third-order valence-corrected chi connectivity index (χ3v) is 2.21. The number of aliphatic carboxylic acids is 1. The van der Waals surface area contributed by atoms with E-state index in [1.807, 2.05) is 6.92 Å². The number of rotatable bonds is 6. The summed E-state index contributed by atoms with van der Waals surface area (Å²) in [6.45, 7) is 2.27. The first kappa shape index (κ1) is 14.4. The molecule has 1 unspecified atom stereocenters. The van der Waals surface area contributed by atoms with Crippen LogP contribution in [0.25, 0.3) is 6.08 Å². The molecular weight excluding hydrogens is 256 g/mol. The van der Waals surface area contributed by atoms with Gasteiger partial charge < -0.3 is 14.6 Å². The minimum atomic E-state index is -1.10. The quantitative estimate of drug-likeness (QED) is 0.491. The Labute approximate surface area is 111 Å². The molecule has 0 aliphatic heterocycles. The first-order chi connectivity index (χ1) is 8.52. The molecule has 0 aliphatic rings. The van der Waals surface area contributed by atoms with Crippen molar-refractivity contribution in [2.75, 3.05) is 13.7 Å². The lowest BCUT2D eigenvalue weighted by molar-refractivity contribution is -0.135. The lowest BCUT2D eigenvalue weighted by Crippen LogP contribution is -2.07. The van der Waals surface area contributed by atoms with Gasteiger partial charge in [-0.05, 0) is 30.7 Å². The number of hydrogen-bond donors (Lipinski definition) is 1. The Morgan fingerprint density at radius 2 is 2.06 bits per heavy atom. The Hall–Kier alpha value is -1.68. The summed E-state index contributed by atoms with van der Waals surface area (Å²) in [7, 11) is 1.32. The molecule has 1 aromatic carbocycles. The predicted molar refractivity (Wildman–Crippen MR) is 69.9 cm³/mol. The fraction of sp³-hybridized carbons (Fsp3) is 0.308. The zero-order valence-corrected chi connectivity index (χ0v) is 11.0. The average molecular weight is 271 g/mol. The highest BCUT2D eigenvalue weighted by atomic mass is 35.5. The van der Waals surface area contributed by atoms with Gasteiger partial charge in [0.2, 0.25) is 5.76 Å². The maximum absolute atomic E-state index is 10.7. The highest BCUT2D eigenvalue weighted by molar-refractivity contribution is 6.20. The van der Waals surface area contributed by atoms with E-state index in [1.165, 1.54) is 13.2 Å². The summed E-state index contributed by atoms with van der Waals surface area (Å²) in [6.07, 6.45) is 1.44. The van der Waals surface area contributed by atoms with E-state index in [9.17, 15) is 4.79 Å². The fourth-order valence-electron chi connectivity index (χ4n) is 1.23. The minimum Gasteiger partial charge on any atom is -0.492 e. The van der Waals surface area contributed by atoms with Crippen LogP contribution >= 0.6 is 11.6 Å². The standard InChI is InChI=1S/C13H15ClO4/c1-9(14)8-18-11-5-3-10(4-6-11)7-12(17-2)13(15)16/h3-7,9H,8H2,1-2H3,(H,15,16). The third kappa shape index (κ3) is 4.67. The van der Waals surface area contributed by atoms with Crippen molar-refractivity contribution in [3.05, 3.63) is 35.6 Å². The van der Waals surface area contributed by atoms with Crippen molar-refractivity contribution in [3.63, 3.8) is 0 Å². The molecule has 0 aliphatic carbocycles. The molecule has 0 radical (unpaired) electrons. The molecule has 0 fully saturated rings. The molecule has 1 rings (SSSR count). The van der Waals surface area contributed by atoms with Gasteiger partial charge in [-0.1, -0.05) is 12.1 Å². The molecule has 1 N–H and O–H groups in total. The van der Waals surface area contributed by atoms with Crippen LogP contribution in [-0.4, -0.2) is 30.2 Å². The van der Waals surface area contributed by atoms with Crippen LogP contribution in [0.5, 0.6) is 5.75 Å². The van der Waals surface area contributed by atoms with E-state index < -0.39 is 5.97 Å². The topological polar surface area (TPSA) is 55.8 Å². The summed E-state index contributed by atoms with van der Waals surface area (Å²) in [5.41, 5.74) is 0.723. The number of carboxylic acids is 1. The predicted octanol–water partition coefficient (Wildman–Crippen LogP) is 2.76. The number of halogens is 1. The van der Waals surface area contributed by atoms with Crippen LogP contribution in [0.1, 0.15) is 12.5 Å². The first-order valence-corrected chi connectivity index (χ1v) is 5.82. The highest BCUT2D eigenvalue weighted by Crippen LogP contribution is 2.15. The third-order valence-electron chi connectivity index (χ3n) is 2.09. The average Bonchev–Trinajstić information content (AvgIpc) is 2.34. The number of carboxylic acid groups (broad SMARTS) is 1. The van der Waals surface area contributed by atoms with Gasteiger partial charge in [0.05, 0.1) is 12.5 Å². The van der Waals surface area contributed by atoms with Gasteiger partial charge in [0.25, 0.3) is 0 Å². The molecule has 0 saturated carbocycles. The van der Waals surface area contributed by atoms with Crippen LogP contribution in [0.15, 0.2) is 30.0 Å². The van der Waals surface area contributed by atoms with Crippen molar-refractivity contribution < 1.29 is 19.4 Å². The number of ether oxygens (including phenoxy) is 2. The first-order valence-electron chi connectivity index (χ1n) is 5.39. The van der Waals surface area contributed by atoms with Gasteiger partial charge in [-0.25, -0.2) is 4.79 Å². The van der Waals surface area contributed by atoms with Gasteiger partial charge >= 0.3 is 5.97 Å². The summed E-state index contributed by atoms with van der Waals surface area (Å²) < 4.78 is 10.1. The number of hydrogen-bond acceptors (Lipinski definition) is 3. The van der Waals surface area contributed by atoms with Crippen molar-refractivity contribution in [1.29, 1.82) is 0 Å². The van der Waals surface area contributed by atoms with Crippen molar-refractivity contribution in [1.82, 2.24) is 0 Å². The van der Waals surface area contributed by atoms with Gasteiger partial charge in [0, 0.05) is 0 Å². The Morgan fingerprint density at radius 3 is 2.50 bits per heavy atom. The van der Waals surface area contributed by atoms with E-state index in [2.05, 4.69) is 0 Å². The molecule has 1 aromatic rings. The van der Waals surface area contributed by atoms with Gasteiger partial charge in [-0.15, -0.1) is 11.6 Å². The maximum atomic E-state index is 10.7. The largest absolute Gasteiger partial charge is 0.492 e. The van der Waals surface area contributed by atoms with Gasteiger partial charge in [-0.2, -0.15) is 0 Å². The Balaban J connectivity index is 2.73. The second-order valence-electron chi connectivity index (χ2n) is 3.68. The number of carbonyl (C=O) groups is 1. The van der Waals surface area contributed by atoms with Crippen LogP contribution < -0.4 is 4.74 Å². The van der Waals surface area contributed by atoms with Crippen LogP contribution in [0.2, 0.25) is 0 Å². The van der Waals surface area contributed by atoms with Crippen LogP contribution in [0.4, 0.5) is 0 Å². The molecule has 0 aromatic heterocycles. The lowest BCUT2D eigenvalue weighted by Gasteiger charge is -2.07. The molecule has 0 saturated heterocycles. The molecule has 0 bridgehead atoms. The maximum Gasteiger partial charge on any atom is 0.371 e. The number of alkyl halides is 1. The summed E-state index contributed by atoms with van der Waals surface area (Å²) >= 11 is 5.77. The molecule has 0 amide bonds. The van der Waals surface area contributed by atoms with E-state index >= 15 is 0 Å².